The molecule has 0 saturated heterocycles. The molecule has 0 atom stereocenters. The number of thiophene rings is 1. The Morgan fingerprint density at radius 2 is 2.04 bits per heavy atom. The van der Waals surface area contributed by atoms with Crippen LogP contribution in [0.5, 0.6) is 0 Å². The summed E-state index contributed by atoms with van der Waals surface area (Å²) in [6, 6.07) is 7.53. The number of carboxylic acids is 1. The average molecular weight is 399 g/mol. The zero-order chi connectivity index (χ0) is 20.3. The summed E-state index contributed by atoms with van der Waals surface area (Å²) in [5.41, 5.74) is 2.07. The molecule has 0 spiro atoms. The molecule has 28 heavy (non-hydrogen) atoms. The van der Waals surface area contributed by atoms with Crippen molar-refractivity contribution >= 4 is 28.9 Å². The molecule has 3 aromatic heterocycles. The van der Waals surface area contributed by atoms with E-state index in [0.29, 0.717) is 23.5 Å². The van der Waals surface area contributed by atoms with Gasteiger partial charge in [0.15, 0.2) is 5.82 Å². The number of aromatic nitrogens is 3. The monoisotopic (exact) mass is 398 g/mol. The van der Waals surface area contributed by atoms with Crippen LogP contribution in [0.4, 0.5) is 11.6 Å². The van der Waals surface area contributed by atoms with Gasteiger partial charge in [-0.15, -0.1) is 11.3 Å². The van der Waals surface area contributed by atoms with Crippen molar-refractivity contribution < 1.29 is 9.90 Å². The first-order valence-corrected chi connectivity index (χ1v) is 10.3. The van der Waals surface area contributed by atoms with Gasteiger partial charge in [-0.05, 0) is 35.8 Å². The Hall–Kier alpha value is -2.67. The van der Waals surface area contributed by atoms with Gasteiger partial charge < -0.3 is 10.4 Å². The molecule has 0 amide bonds. The summed E-state index contributed by atoms with van der Waals surface area (Å²) in [7, 11) is 0. The van der Waals surface area contributed by atoms with Crippen LogP contribution in [0.25, 0.3) is 10.4 Å². The van der Waals surface area contributed by atoms with Gasteiger partial charge in [-0.3, -0.25) is 4.68 Å². The molecule has 0 saturated carbocycles. The molecule has 0 aromatic carbocycles. The van der Waals surface area contributed by atoms with E-state index < -0.39 is 5.97 Å². The smallest absolute Gasteiger partial charge is 0.339 e. The topological polar surface area (TPSA) is 80.0 Å². The second kappa shape index (κ2) is 8.56. The van der Waals surface area contributed by atoms with Gasteiger partial charge in [-0.25, -0.2) is 9.78 Å². The Balaban J connectivity index is 1.92. The van der Waals surface area contributed by atoms with Crippen LogP contribution in [0.15, 0.2) is 35.8 Å². The highest BCUT2D eigenvalue weighted by atomic mass is 32.1. The number of rotatable bonds is 8. The van der Waals surface area contributed by atoms with E-state index in [1.165, 1.54) is 0 Å². The fourth-order valence-corrected chi connectivity index (χ4v) is 3.74. The predicted molar refractivity (Wildman–Crippen MR) is 113 cm³/mol. The fraction of sp³-hybridized carbons (Fsp3) is 0.381. The van der Waals surface area contributed by atoms with Crippen LogP contribution in [0, 0.1) is 11.8 Å². The third kappa shape index (κ3) is 4.78. The standard InChI is InChI=1S/C21H26N4O2S/c1-13(2)8-16-10-19(24-25(16)12-14(3)4)23-20-17(21(26)27)9-15(11-22-20)18-6-5-7-28-18/h5-7,9-11,13-14H,8,12H2,1-4H3,(H,26,27)(H,22,23,24). The molecule has 0 unspecified atom stereocenters. The minimum Gasteiger partial charge on any atom is -0.478 e. The molecule has 3 heterocycles. The number of aromatic carboxylic acids is 1. The van der Waals surface area contributed by atoms with Gasteiger partial charge in [-0.1, -0.05) is 33.8 Å². The minimum absolute atomic E-state index is 0.134. The Morgan fingerprint density at radius 1 is 1.25 bits per heavy atom. The molecular formula is C21H26N4O2S. The van der Waals surface area contributed by atoms with Crippen LogP contribution in [0.3, 0.4) is 0 Å². The summed E-state index contributed by atoms with van der Waals surface area (Å²) in [5.74, 6) is 0.885. The zero-order valence-electron chi connectivity index (χ0n) is 16.6. The van der Waals surface area contributed by atoms with Crippen LogP contribution in [0.2, 0.25) is 0 Å². The van der Waals surface area contributed by atoms with Crippen molar-refractivity contribution in [3.63, 3.8) is 0 Å². The maximum Gasteiger partial charge on any atom is 0.339 e. The van der Waals surface area contributed by atoms with E-state index in [0.717, 1.165) is 29.1 Å². The van der Waals surface area contributed by atoms with Crippen molar-refractivity contribution in [3.8, 4) is 10.4 Å². The molecule has 148 valence electrons. The molecule has 0 aliphatic carbocycles. The van der Waals surface area contributed by atoms with E-state index in [9.17, 15) is 9.90 Å². The predicted octanol–water partition coefficient (Wildman–Crippen LogP) is 5.30. The van der Waals surface area contributed by atoms with Crippen molar-refractivity contribution in [2.24, 2.45) is 11.8 Å². The van der Waals surface area contributed by atoms with Crippen molar-refractivity contribution in [3.05, 3.63) is 47.1 Å². The van der Waals surface area contributed by atoms with E-state index in [4.69, 9.17) is 0 Å². The van der Waals surface area contributed by atoms with E-state index in [1.807, 2.05) is 28.3 Å². The number of nitrogens with zero attached hydrogens (tertiary/aromatic N) is 3. The third-order valence-corrected chi connectivity index (χ3v) is 5.11. The van der Waals surface area contributed by atoms with E-state index in [1.54, 1.807) is 23.6 Å². The average Bonchev–Trinajstić information content (AvgIpc) is 3.25. The Kier molecular flexibility index (Phi) is 6.14. The Bertz CT molecular complexity index is 918. The summed E-state index contributed by atoms with van der Waals surface area (Å²) in [4.78, 5) is 17.2. The summed E-state index contributed by atoms with van der Waals surface area (Å²) in [6.07, 6.45) is 2.61. The number of hydrogen-bond acceptors (Lipinski definition) is 5. The Labute approximate surface area is 169 Å². The van der Waals surface area contributed by atoms with E-state index in [2.05, 4.69) is 43.1 Å². The van der Waals surface area contributed by atoms with Gasteiger partial charge in [0, 0.05) is 34.9 Å². The van der Waals surface area contributed by atoms with Gasteiger partial charge in [0.2, 0.25) is 0 Å². The molecule has 0 aliphatic heterocycles. The van der Waals surface area contributed by atoms with Gasteiger partial charge in [0.25, 0.3) is 0 Å². The third-order valence-electron chi connectivity index (χ3n) is 4.19. The molecule has 0 aliphatic rings. The number of carboxylic acid groups (broad SMARTS) is 1. The van der Waals surface area contributed by atoms with Crippen LogP contribution < -0.4 is 5.32 Å². The van der Waals surface area contributed by atoms with Crippen molar-refractivity contribution in [2.75, 3.05) is 5.32 Å². The lowest BCUT2D eigenvalue weighted by Gasteiger charge is -2.11. The maximum absolute atomic E-state index is 11.8. The van der Waals surface area contributed by atoms with Gasteiger partial charge in [0.05, 0.1) is 0 Å². The molecular weight excluding hydrogens is 372 g/mol. The quantitative estimate of drug-likeness (QED) is 0.538. The summed E-state index contributed by atoms with van der Waals surface area (Å²) in [5, 5.41) is 19.4. The SMILES string of the molecule is CC(C)Cc1cc(Nc2ncc(-c3cccs3)cc2C(=O)O)nn1CC(C)C. The second-order valence-corrected chi connectivity index (χ2v) is 8.67. The molecule has 2 N–H and O–H groups in total. The van der Waals surface area contributed by atoms with Crippen LogP contribution >= 0.6 is 11.3 Å². The number of hydrogen-bond donors (Lipinski definition) is 2. The van der Waals surface area contributed by atoms with Crippen molar-refractivity contribution in [2.45, 2.75) is 40.7 Å². The summed E-state index contributed by atoms with van der Waals surface area (Å²) in [6.45, 7) is 9.48. The fourth-order valence-electron chi connectivity index (χ4n) is 3.03. The van der Waals surface area contributed by atoms with E-state index in [-0.39, 0.29) is 5.56 Å². The number of anilines is 2. The van der Waals surface area contributed by atoms with Crippen molar-refractivity contribution in [1.29, 1.82) is 0 Å². The minimum atomic E-state index is -1.02. The molecule has 7 heteroatoms. The highest BCUT2D eigenvalue weighted by Crippen LogP contribution is 2.28. The highest BCUT2D eigenvalue weighted by Gasteiger charge is 2.17. The summed E-state index contributed by atoms with van der Waals surface area (Å²) < 4.78 is 2.01. The lowest BCUT2D eigenvalue weighted by Crippen LogP contribution is -2.11. The molecule has 0 radical (unpaired) electrons. The first kappa shape index (κ1) is 20.1. The van der Waals surface area contributed by atoms with Crippen LogP contribution in [0.1, 0.15) is 43.7 Å². The largest absolute Gasteiger partial charge is 0.478 e. The van der Waals surface area contributed by atoms with Gasteiger partial charge in [-0.2, -0.15) is 5.10 Å². The summed E-state index contributed by atoms with van der Waals surface area (Å²) >= 11 is 1.55. The van der Waals surface area contributed by atoms with Gasteiger partial charge >= 0.3 is 5.97 Å². The molecule has 0 fully saturated rings. The number of carbonyl (C=O) groups is 1. The van der Waals surface area contributed by atoms with E-state index >= 15 is 0 Å². The molecule has 6 nitrogen and oxygen atoms in total. The highest BCUT2D eigenvalue weighted by molar-refractivity contribution is 7.13. The molecule has 0 bridgehead atoms. The van der Waals surface area contributed by atoms with Gasteiger partial charge in [0.1, 0.15) is 11.4 Å². The molecule has 3 aromatic rings. The molecule has 3 rings (SSSR count). The van der Waals surface area contributed by atoms with Crippen LogP contribution in [-0.2, 0) is 13.0 Å². The number of nitrogens with one attached hydrogen (secondary N) is 1. The van der Waals surface area contributed by atoms with Crippen molar-refractivity contribution in [1.82, 2.24) is 14.8 Å². The Morgan fingerprint density at radius 3 is 2.64 bits per heavy atom. The first-order valence-electron chi connectivity index (χ1n) is 9.44. The second-order valence-electron chi connectivity index (χ2n) is 7.72. The number of pyridine rings is 1. The maximum atomic E-state index is 11.8. The van der Waals surface area contributed by atoms with Crippen LogP contribution in [-0.4, -0.2) is 25.8 Å². The normalized spacial score (nSPS) is 11.4. The lowest BCUT2D eigenvalue weighted by molar-refractivity contribution is 0.0697. The zero-order valence-corrected chi connectivity index (χ0v) is 17.5. The lowest BCUT2D eigenvalue weighted by atomic mass is 10.1. The first-order chi connectivity index (χ1) is 13.3.